The van der Waals surface area contributed by atoms with Crippen molar-refractivity contribution in [1.29, 1.82) is 0 Å². The summed E-state index contributed by atoms with van der Waals surface area (Å²) in [4.78, 5) is 4.61. The molecular weight excluding hydrogens is 332 g/mol. The third-order valence-corrected chi connectivity index (χ3v) is 4.43. The van der Waals surface area contributed by atoms with Gasteiger partial charge >= 0.3 is 0 Å². The molecule has 1 aromatic heterocycles. The molecule has 3 aromatic rings. The Kier molecular flexibility index (Phi) is 5.15. The minimum absolute atomic E-state index is 0.0427. The molecule has 6 nitrogen and oxygen atoms in total. The van der Waals surface area contributed by atoms with E-state index in [1.807, 2.05) is 43.3 Å². The van der Waals surface area contributed by atoms with Gasteiger partial charge in [-0.1, -0.05) is 12.1 Å². The zero-order valence-corrected chi connectivity index (χ0v) is 15.3. The highest BCUT2D eigenvalue weighted by molar-refractivity contribution is 5.79. The zero-order chi connectivity index (χ0) is 18.7. The lowest BCUT2D eigenvalue weighted by Gasteiger charge is -2.21. The number of aliphatic hydroxyl groups is 1. The Balaban J connectivity index is 1.93. The molecule has 2 aromatic carbocycles. The fourth-order valence-electron chi connectivity index (χ4n) is 2.81. The van der Waals surface area contributed by atoms with Gasteiger partial charge in [-0.25, -0.2) is 4.98 Å². The van der Waals surface area contributed by atoms with E-state index in [1.165, 1.54) is 0 Å². The highest BCUT2D eigenvalue weighted by Crippen LogP contribution is 2.38. The number of ether oxygens (including phenoxy) is 2. The lowest BCUT2D eigenvalue weighted by molar-refractivity contribution is 0.200. The van der Waals surface area contributed by atoms with E-state index >= 15 is 0 Å². The van der Waals surface area contributed by atoms with Crippen LogP contribution in [0.2, 0.25) is 0 Å². The van der Waals surface area contributed by atoms with E-state index in [9.17, 15) is 5.11 Å². The molecule has 0 saturated heterocycles. The van der Waals surface area contributed by atoms with Crippen LogP contribution in [0, 0.1) is 0 Å². The minimum Gasteiger partial charge on any atom is -0.493 e. The topological polar surface area (TPSA) is 90.7 Å². The first kappa shape index (κ1) is 18.2. The maximum Gasteiger partial charge on any atom is 0.231 e. The summed E-state index contributed by atoms with van der Waals surface area (Å²) in [7, 11) is 3.19. The predicted molar refractivity (Wildman–Crippen MR) is 101 cm³/mol. The Morgan fingerprint density at radius 2 is 2.00 bits per heavy atom. The highest BCUT2D eigenvalue weighted by atomic mass is 16.5. The first-order chi connectivity index (χ1) is 12.5. The molecule has 0 fully saturated rings. The number of hydrogen-bond acceptors (Lipinski definition) is 6. The molecule has 0 amide bonds. The summed E-state index contributed by atoms with van der Waals surface area (Å²) in [5, 5.41) is 9.29. The summed E-state index contributed by atoms with van der Waals surface area (Å²) < 4.78 is 16.7. The molecule has 3 rings (SSSR count). The normalized spacial score (nSPS) is 13.6. The number of benzene rings is 2. The smallest absolute Gasteiger partial charge is 0.231 e. The number of oxazole rings is 1. The van der Waals surface area contributed by atoms with Crippen molar-refractivity contribution in [3.63, 3.8) is 0 Å². The van der Waals surface area contributed by atoms with Gasteiger partial charge in [-0.05, 0) is 49.6 Å². The van der Waals surface area contributed by atoms with Crippen molar-refractivity contribution in [2.24, 2.45) is 5.73 Å². The molecule has 1 atom stereocenters. The van der Waals surface area contributed by atoms with Gasteiger partial charge in [-0.15, -0.1) is 0 Å². The van der Waals surface area contributed by atoms with Crippen LogP contribution in [-0.4, -0.2) is 36.5 Å². The van der Waals surface area contributed by atoms with Gasteiger partial charge in [-0.3, -0.25) is 0 Å². The summed E-state index contributed by atoms with van der Waals surface area (Å²) >= 11 is 0. The highest BCUT2D eigenvalue weighted by Gasteiger charge is 2.18. The van der Waals surface area contributed by atoms with Crippen LogP contribution in [0.1, 0.15) is 18.9 Å². The van der Waals surface area contributed by atoms with Crippen molar-refractivity contribution in [2.75, 3.05) is 20.8 Å². The molecular formula is C20H24N2O4. The van der Waals surface area contributed by atoms with Gasteiger partial charge in [0.15, 0.2) is 17.1 Å². The van der Waals surface area contributed by atoms with Gasteiger partial charge < -0.3 is 24.7 Å². The maximum absolute atomic E-state index is 9.29. The molecule has 1 heterocycles. The molecule has 138 valence electrons. The number of nitrogens with two attached hydrogens (primary N) is 1. The van der Waals surface area contributed by atoms with Gasteiger partial charge in [0.25, 0.3) is 0 Å². The SMILES string of the molecule is COc1cccc(-c2nc3cc(CCC(C)(N)CO)ccc3o2)c1OC. The summed E-state index contributed by atoms with van der Waals surface area (Å²) in [6.45, 7) is 1.80. The fourth-order valence-corrected chi connectivity index (χ4v) is 2.81. The van der Waals surface area contributed by atoms with Crippen LogP contribution in [0.3, 0.4) is 0 Å². The van der Waals surface area contributed by atoms with Gasteiger partial charge in [0.1, 0.15) is 5.52 Å². The van der Waals surface area contributed by atoms with E-state index in [2.05, 4.69) is 4.98 Å². The standard InChI is InChI=1S/C20H24N2O4/c1-20(21,12-23)10-9-13-7-8-16-15(11-13)22-19(26-16)14-5-4-6-17(24-2)18(14)25-3/h4-8,11,23H,9-10,12,21H2,1-3H3. The predicted octanol–water partition coefficient (Wildman–Crippen LogP) is 3.15. The molecule has 0 aliphatic rings. The number of hydrogen-bond donors (Lipinski definition) is 2. The van der Waals surface area contributed by atoms with E-state index in [4.69, 9.17) is 19.6 Å². The van der Waals surface area contributed by atoms with E-state index < -0.39 is 5.54 Å². The molecule has 1 unspecified atom stereocenters. The fraction of sp³-hybridized carbons (Fsp3) is 0.350. The monoisotopic (exact) mass is 356 g/mol. The van der Waals surface area contributed by atoms with E-state index in [0.29, 0.717) is 29.4 Å². The molecule has 0 aliphatic heterocycles. The van der Waals surface area contributed by atoms with Crippen LogP contribution in [0.15, 0.2) is 40.8 Å². The lowest BCUT2D eigenvalue weighted by Crippen LogP contribution is -2.40. The average molecular weight is 356 g/mol. The Labute approximate surface area is 152 Å². The van der Waals surface area contributed by atoms with Crippen LogP contribution in [0.25, 0.3) is 22.6 Å². The van der Waals surface area contributed by atoms with Crippen LogP contribution < -0.4 is 15.2 Å². The molecule has 0 bridgehead atoms. The molecule has 3 N–H and O–H groups in total. The lowest BCUT2D eigenvalue weighted by atomic mass is 9.95. The quantitative estimate of drug-likeness (QED) is 0.676. The Hall–Kier alpha value is -2.57. The molecule has 0 aliphatic carbocycles. The van der Waals surface area contributed by atoms with Crippen LogP contribution in [-0.2, 0) is 6.42 Å². The second-order valence-electron chi connectivity index (χ2n) is 6.67. The summed E-state index contributed by atoms with van der Waals surface area (Å²) in [5.41, 5.74) is 8.72. The van der Waals surface area contributed by atoms with Crippen molar-refractivity contribution in [3.05, 3.63) is 42.0 Å². The van der Waals surface area contributed by atoms with Crippen molar-refractivity contribution < 1.29 is 19.0 Å². The molecule has 0 saturated carbocycles. The number of rotatable bonds is 7. The third-order valence-electron chi connectivity index (χ3n) is 4.43. The van der Waals surface area contributed by atoms with Crippen molar-refractivity contribution in [3.8, 4) is 23.0 Å². The van der Waals surface area contributed by atoms with Gasteiger partial charge in [-0.2, -0.15) is 0 Å². The molecule has 0 radical (unpaired) electrons. The third kappa shape index (κ3) is 3.66. The van der Waals surface area contributed by atoms with Crippen molar-refractivity contribution in [1.82, 2.24) is 4.98 Å². The molecule has 6 heteroatoms. The maximum atomic E-state index is 9.29. The second-order valence-corrected chi connectivity index (χ2v) is 6.67. The first-order valence-electron chi connectivity index (χ1n) is 8.48. The Morgan fingerprint density at radius 1 is 1.19 bits per heavy atom. The minimum atomic E-state index is -0.585. The summed E-state index contributed by atoms with van der Waals surface area (Å²) in [5.74, 6) is 1.69. The number of aryl methyl sites for hydroxylation is 1. The van der Waals surface area contributed by atoms with E-state index in [1.54, 1.807) is 14.2 Å². The Bertz CT molecular complexity index is 902. The summed E-state index contributed by atoms with van der Waals surface area (Å²) in [6, 6.07) is 11.5. The average Bonchev–Trinajstić information content (AvgIpc) is 3.08. The van der Waals surface area contributed by atoms with E-state index in [0.717, 1.165) is 23.1 Å². The molecule has 26 heavy (non-hydrogen) atoms. The van der Waals surface area contributed by atoms with Crippen LogP contribution >= 0.6 is 0 Å². The second kappa shape index (κ2) is 7.35. The van der Waals surface area contributed by atoms with Gasteiger partial charge in [0.05, 0.1) is 26.4 Å². The van der Waals surface area contributed by atoms with Gasteiger partial charge in [0.2, 0.25) is 5.89 Å². The Morgan fingerprint density at radius 3 is 2.69 bits per heavy atom. The number of fused-ring (bicyclic) bond motifs is 1. The molecule has 0 spiro atoms. The number of nitrogens with zero attached hydrogens (tertiary/aromatic N) is 1. The zero-order valence-electron chi connectivity index (χ0n) is 15.3. The van der Waals surface area contributed by atoms with Gasteiger partial charge in [0, 0.05) is 5.54 Å². The first-order valence-corrected chi connectivity index (χ1v) is 8.48. The number of methoxy groups -OCH3 is 2. The van der Waals surface area contributed by atoms with Crippen molar-refractivity contribution >= 4 is 11.1 Å². The number of aliphatic hydroxyl groups excluding tert-OH is 1. The van der Waals surface area contributed by atoms with Crippen LogP contribution in [0.4, 0.5) is 0 Å². The number of para-hydroxylation sites is 1. The summed E-state index contributed by atoms with van der Waals surface area (Å²) in [6.07, 6.45) is 1.44. The van der Waals surface area contributed by atoms with Crippen molar-refractivity contribution in [2.45, 2.75) is 25.3 Å². The van der Waals surface area contributed by atoms with Crippen LogP contribution in [0.5, 0.6) is 11.5 Å². The van der Waals surface area contributed by atoms with E-state index in [-0.39, 0.29) is 6.61 Å². The largest absolute Gasteiger partial charge is 0.493 e. The number of aromatic nitrogens is 1.